The maximum absolute atomic E-state index is 16.4. The molecule has 2 aromatic carbocycles. The Hall–Kier alpha value is -2.81. The Morgan fingerprint density at radius 1 is 0.919 bits per heavy atom. The van der Waals surface area contributed by atoms with Gasteiger partial charge in [-0.05, 0) is 61.4 Å². The van der Waals surface area contributed by atoms with E-state index in [1.54, 1.807) is 29.3 Å². The van der Waals surface area contributed by atoms with Gasteiger partial charge in [0.15, 0.2) is 5.82 Å². The number of alkyl halides is 2. The molecule has 9 heteroatoms. The van der Waals surface area contributed by atoms with E-state index in [2.05, 4.69) is 25.8 Å². The van der Waals surface area contributed by atoms with Crippen molar-refractivity contribution >= 4 is 56.0 Å². The first-order chi connectivity index (χ1) is 17.8. The van der Waals surface area contributed by atoms with E-state index in [1.807, 2.05) is 18.2 Å². The molecule has 194 valence electrons. The van der Waals surface area contributed by atoms with Crippen molar-refractivity contribution in [1.82, 2.24) is 4.98 Å². The van der Waals surface area contributed by atoms with E-state index >= 15 is 4.39 Å². The quantitative estimate of drug-likeness (QED) is 0.307. The van der Waals surface area contributed by atoms with E-state index in [1.165, 1.54) is 17.7 Å². The summed E-state index contributed by atoms with van der Waals surface area (Å²) in [6, 6.07) is 10.8. The Kier molecular flexibility index (Phi) is 6.09. The highest BCUT2D eigenvalue weighted by Gasteiger charge is 2.44. The second-order valence-corrected chi connectivity index (χ2v) is 11.5. The van der Waals surface area contributed by atoms with Crippen molar-refractivity contribution in [2.75, 3.05) is 40.9 Å². The number of benzene rings is 2. The molecule has 6 rings (SSSR count). The molecule has 3 aliphatic rings. The molecule has 1 aliphatic carbocycles. The lowest BCUT2D eigenvalue weighted by Crippen LogP contribution is -2.40. The largest absolute Gasteiger partial charge is 0.370 e. The number of hydrogen-bond acceptors (Lipinski definition) is 4. The first kappa shape index (κ1) is 24.5. The molecule has 2 saturated heterocycles. The third-order valence-corrected chi connectivity index (χ3v) is 8.78. The highest BCUT2D eigenvalue weighted by Crippen LogP contribution is 2.54. The summed E-state index contributed by atoms with van der Waals surface area (Å²) in [5, 5.41) is 0.644. The van der Waals surface area contributed by atoms with Gasteiger partial charge >= 0.3 is 0 Å². The van der Waals surface area contributed by atoms with Crippen LogP contribution >= 0.6 is 15.9 Å². The number of fused-ring (bicyclic) bond motifs is 1. The van der Waals surface area contributed by atoms with Crippen molar-refractivity contribution in [3.8, 4) is 0 Å². The highest BCUT2D eigenvalue weighted by atomic mass is 79.9. The van der Waals surface area contributed by atoms with Crippen LogP contribution in [0.3, 0.4) is 0 Å². The van der Waals surface area contributed by atoms with Crippen LogP contribution in [0.15, 0.2) is 47.1 Å². The molecule has 0 unspecified atom stereocenters. The van der Waals surface area contributed by atoms with Crippen LogP contribution < -0.4 is 14.7 Å². The van der Waals surface area contributed by atoms with Gasteiger partial charge in [0.1, 0.15) is 5.69 Å². The number of aromatic nitrogens is 1. The molecule has 3 fully saturated rings. The topological polar surface area (TPSA) is 39.7 Å². The van der Waals surface area contributed by atoms with Crippen LogP contribution in [0.1, 0.15) is 38.5 Å². The molecule has 0 N–H and O–H groups in total. The minimum atomic E-state index is -2.76. The summed E-state index contributed by atoms with van der Waals surface area (Å²) in [7, 11) is 0. The van der Waals surface area contributed by atoms with Gasteiger partial charge in [-0.25, -0.2) is 13.2 Å². The number of amides is 1. The van der Waals surface area contributed by atoms with E-state index in [4.69, 9.17) is 0 Å². The number of anilines is 4. The molecule has 0 atom stereocenters. The number of hydrogen-bond donors (Lipinski definition) is 0. The van der Waals surface area contributed by atoms with Crippen LogP contribution in [-0.2, 0) is 4.79 Å². The fraction of sp³-hybridized carbons (Fsp3) is 0.429. The zero-order chi connectivity index (χ0) is 25.8. The van der Waals surface area contributed by atoms with Gasteiger partial charge in [-0.3, -0.25) is 14.7 Å². The number of nitrogens with zero attached hydrogens (tertiary/aromatic N) is 4. The van der Waals surface area contributed by atoms with Gasteiger partial charge in [-0.15, -0.1) is 0 Å². The van der Waals surface area contributed by atoms with Crippen molar-refractivity contribution in [2.24, 2.45) is 5.41 Å². The van der Waals surface area contributed by atoms with Crippen LogP contribution in [0, 0.1) is 11.2 Å². The first-order valence-electron chi connectivity index (χ1n) is 12.8. The fourth-order valence-electron chi connectivity index (χ4n) is 5.79. The molecule has 0 bridgehead atoms. The molecule has 1 amide bonds. The molecule has 2 aliphatic heterocycles. The molecule has 1 aromatic heterocycles. The Balaban J connectivity index is 1.44. The number of halogens is 4. The van der Waals surface area contributed by atoms with Gasteiger partial charge in [0, 0.05) is 55.1 Å². The summed E-state index contributed by atoms with van der Waals surface area (Å²) in [6.07, 6.45) is 6.29. The third-order valence-electron chi connectivity index (χ3n) is 8.28. The van der Waals surface area contributed by atoms with E-state index in [0.717, 1.165) is 36.1 Å². The van der Waals surface area contributed by atoms with Crippen LogP contribution in [0.25, 0.3) is 10.9 Å². The van der Waals surface area contributed by atoms with E-state index in [9.17, 15) is 13.6 Å². The van der Waals surface area contributed by atoms with Gasteiger partial charge in [0.25, 0.3) is 5.92 Å². The maximum Gasteiger partial charge on any atom is 0.251 e. The Morgan fingerprint density at radius 2 is 1.62 bits per heavy atom. The number of carbonyl (C=O) groups is 1. The summed E-state index contributed by atoms with van der Waals surface area (Å²) in [6.45, 7) is 1.79. The molecule has 1 saturated carbocycles. The second kappa shape index (κ2) is 9.19. The molecular weight excluding hydrogens is 545 g/mol. The molecule has 1 spiro atoms. The lowest BCUT2D eigenvalue weighted by atomic mass is 9.93. The van der Waals surface area contributed by atoms with Crippen molar-refractivity contribution in [2.45, 2.75) is 44.4 Å². The maximum atomic E-state index is 16.4. The fourth-order valence-corrected chi connectivity index (χ4v) is 6.13. The number of rotatable bonds is 5. The van der Waals surface area contributed by atoms with Gasteiger partial charge in [-0.2, -0.15) is 0 Å². The smallest absolute Gasteiger partial charge is 0.251 e. The minimum absolute atomic E-state index is 0.0131. The average Bonchev–Trinajstić information content (AvgIpc) is 3.65. The third kappa shape index (κ3) is 4.56. The Bertz CT molecular complexity index is 1340. The van der Waals surface area contributed by atoms with Crippen molar-refractivity contribution < 1.29 is 18.0 Å². The minimum Gasteiger partial charge on any atom is -0.370 e. The standard InChI is InChI=1S/C28H28BrF3N4O/c29-20-3-4-21(22(17-20)34-12-7-27(5-6-27)8-13-34)36(18-37)23-16-19-2-1-11-33-25(19)26(24(23)30)35-14-9-28(31,32)10-15-35/h1-4,11,16-18H,5-10,12-15H2. The number of piperidine rings is 2. The van der Waals surface area contributed by atoms with Gasteiger partial charge in [0.2, 0.25) is 6.41 Å². The second-order valence-electron chi connectivity index (χ2n) is 10.6. The van der Waals surface area contributed by atoms with E-state index < -0.39 is 11.7 Å². The van der Waals surface area contributed by atoms with Gasteiger partial charge in [-0.1, -0.05) is 22.0 Å². The molecule has 5 nitrogen and oxygen atoms in total. The first-order valence-corrected chi connectivity index (χ1v) is 13.6. The Labute approximate surface area is 222 Å². The van der Waals surface area contributed by atoms with Crippen LogP contribution in [-0.4, -0.2) is 43.5 Å². The van der Waals surface area contributed by atoms with Gasteiger partial charge < -0.3 is 9.80 Å². The van der Waals surface area contributed by atoms with E-state index in [-0.39, 0.29) is 37.3 Å². The SMILES string of the molecule is O=CN(c1ccc(Br)cc1N1CCC2(CC1)CC2)c1cc2cccnc2c(N2CCC(F)(F)CC2)c1F. The summed E-state index contributed by atoms with van der Waals surface area (Å²) in [5.74, 6) is -3.39. The monoisotopic (exact) mass is 572 g/mol. The molecule has 3 aromatic rings. The van der Waals surface area contributed by atoms with Crippen LogP contribution in [0.5, 0.6) is 0 Å². The number of pyridine rings is 1. The Morgan fingerprint density at radius 3 is 2.30 bits per heavy atom. The highest BCUT2D eigenvalue weighted by molar-refractivity contribution is 9.10. The molecule has 3 heterocycles. The van der Waals surface area contributed by atoms with Crippen molar-refractivity contribution in [3.05, 3.63) is 52.9 Å². The molecular formula is C28H28BrF3N4O. The predicted molar refractivity (Wildman–Crippen MR) is 144 cm³/mol. The van der Waals surface area contributed by atoms with Crippen LogP contribution in [0.2, 0.25) is 0 Å². The van der Waals surface area contributed by atoms with Crippen molar-refractivity contribution in [1.29, 1.82) is 0 Å². The van der Waals surface area contributed by atoms with Crippen LogP contribution in [0.4, 0.5) is 35.9 Å². The lowest BCUT2D eigenvalue weighted by molar-refractivity contribution is -0.106. The zero-order valence-corrected chi connectivity index (χ0v) is 22.0. The zero-order valence-electron chi connectivity index (χ0n) is 20.4. The summed E-state index contributed by atoms with van der Waals surface area (Å²) in [5.41, 5.74) is 2.60. The molecule has 37 heavy (non-hydrogen) atoms. The number of carbonyl (C=O) groups excluding carboxylic acids is 1. The normalized spacial score (nSPS) is 20.3. The predicted octanol–water partition coefficient (Wildman–Crippen LogP) is 7.05. The van der Waals surface area contributed by atoms with E-state index in [0.29, 0.717) is 28.4 Å². The lowest BCUT2D eigenvalue weighted by Gasteiger charge is -2.37. The molecule has 0 radical (unpaired) electrons. The summed E-state index contributed by atoms with van der Waals surface area (Å²) < 4.78 is 45.0. The summed E-state index contributed by atoms with van der Waals surface area (Å²) >= 11 is 3.56. The summed E-state index contributed by atoms with van der Waals surface area (Å²) in [4.78, 5) is 22.2. The van der Waals surface area contributed by atoms with Gasteiger partial charge in [0.05, 0.1) is 22.6 Å². The average molecular weight is 573 g/mol. The van der Waals surface area contributed by atoms with Crippen molar-refractivity contribution in [3.63, 3.8) is 0 Å².